The minimum Gasteiger partial charge on any atom is -0.348 e. The predicted octanol–water partition coefficient (Wildman–Crippen LogP) is 2.15. The summed E-state index contributed by atoms with van der Waals surface area (Å²) in [4.78, 5) is 25.6. The number of benzene rings is 1. The molecule has 2 aromatic rings. The van der Waals surface area contributed by atoms with Gasteiger partial charge in [0.25, 0.3) is 11.8 Å². The first-order valence-electron chi connectivity index (χ1n) is 8.54. The number of anilines is 1. The van der Waals surface area contributed by atoms with E-state index in [9.17, 15) is 18.0 Å². The van der Waals surface area contributed by atoms with Gasteiger partial charge in [0.1, 0.15) is 0 Å². The summed E-state index contributed by atoms with van der Waals surface area (Å²) in [6, 6.07) is 10.0. The molecule has 0 bridgehead atoms. The van der Waals surface area contributed by atoms with Gasteiger partial charge in [-0.05, 0) is 36.4 Å². The maximum atomic E-state index is 12.7. The van der Waals surface area contributed by atoms with E-state index >= 15 is 0 Å². The number of para-hydroxylation sites is 1. The fourth-order valence-corrected chi connectivity index (χ4v) is 4.54. The van der Waals surface area contributed by atoms with Crippen molar-refractivity contribution in [2.45, 2.75) is 18.9 Å². The molecule has 144 valence electrons. The lowest BCUT2D eigenvalue weighted by Crippen LogP contribution is -2.49. The van der Waals surface area contributed by atoms with Crippen LogP contribution in [0.3, 0.4) is 0 Å². The van der Waals surface area contributed by atoms with Crippen LogP contribution in [0.25, 0.3) is 0 Å². The summed E-state index contributed by atoms with van der Waals surface area (Å²) in [6.45, 7) is 0.729. The van der Waals surface area contributed by atoms with Gasteiger partial charge < -0.3 is 10.6 Å². The first kappa shape index (κ1) is 19.5. The van der Waals surface area contributed by atoms with Crippen molar-refractivity contribution in [3.05, 3.63) is 52.2 Å². The van der Waals surface area contributed by atoms with Gasteiger partial charge >= 0.3 is 0 Å². The Bertz CT molecular complexity index is 926. The van der Waals surface area contributed by atoms with Crippen LogP contribution in [0, 0.1) is 0 Å². The van der Waals surface area contributed by atoms with Crippen LogP contribution < -0.4 is 10.6 Å². The zero-order chi connectivity index (χ0) is 19.4. The Kier molecular flexibility index (Phi) is 5.93. The maximum absolute atomic E-state index is 12.7. The van der Waals surface area contributed by atoms with Crippen molar-refractivity contribution in [2.24, 2.45) is 0 Å². The van der Waals surface area contributed by atoms with Crippen molar-refractivity contribution in [2.75, 3.05) is 24.7 Å². The molecule has 27 heavy (non-hydrogen) atoms. The Morgan fingerprint density at radius 3 is 2.63 bits per heavy atom. The molecule has 9 heteroatoms. The minimum atomic E-state index is -3.28. The van der Waals surface area contributed by atoms with E-state index in [2.05, 4.69) is 10.6 Å². The van der Waals surface area contributed by atoms with Crippen LogP contribution in [0.5, 0.6) is 0 Å². The normalized spacial score (nSPS) is 18.0. The van der Waals surface area contributed by atoms with Crippen molar-refractivity contribution >= 4 is 38.9 Å². The molecule has 1 aliphatic rings. The maximum Gasteiger partial charge on any atom is 0.265 e. The lowest BCUT2D eigenvalue weighted by molar-refractivity contribution is 0.0922. The van der Waals surface area contributed by atoms with E-state index in [1.54, 1.807) is 36.4 Å². The standard InChI is InChI=1S/C18H21N3O4S2/c1-27(24,25)21-10-4-6-13(12-21)19-17(22)14-7-2-3-8-15(14)20-18(23)16-9-5-11-26-16/h2-3,5,7-9,11,13H,4,6,10,12H2,1H3,(H,19,22)(H,20,23). The van der Waals surface area contributed by atoms with Gasteiger partial charge in [-0.25, -0.2) is 12.7 Å². The highest BCUT2D eigenvalue weighted by molar-refractivity contribution is 7.88. The number of nitrogens with zero attached hydrogens (tertiary/aromatic N) is 1. The first-order valence-corrected chi connectivity index (χ1v) is 11.3. The quantitative estimate of drug-likeness (QED) is 0.794. The van der Waals surface area contributed by atoms with E-state index in [0.29, 0.717) is 35.5 Å². The molecule has 1 aromatic carbocycles. The van der Waals surface area contributed by atoms with E-state index < -0.39 is 10.0 Å². The third-order valence-corrected chi connectivity index (χ3v) is 6.49. The molecule has 0 radical (unpaired) electrons. The number of piperidine rings is 1. The third kappa shape index (κ3) is 4.94. The molecule has 2 amide bonds. The van der Waals surface area contributed by atoms with Crippen molar-refractivity contribution in [1.29, 1.82) is 0 Å². The van der Waals surface area contributed by atoms with Crippen LogP contribution >= 0.6 is 11.3 Å². The average molecular weight is 408 g/mol. The Morgan fingerprint density at radius 2 is 1.93 bits per heavy atom. The van der Waals surface area contributed by atoms with Crippen LogP contribution in [0.2, 0.25) is 0 Å². The number of nitrogens with one attached hydrogen (secondary N) is 2. The Balaban J connectivity index is 1.71. The number of rotatable bonds is 5. The minimum absolute atomic E-state index is 0.258. The molecular formula is C18H21N3O4S2. The summed E-state index contributed by atoms with van der Waals surface area (Å²) in [5.74, 6) is -0.608. The fourth-order valence-electron chi connectivity index (χ4n) is 3.01. The van der Waals surface area contributed by atoms with Crippen molar-refractivity contribution in [1.82, 2.24) is 9.62 Å². The Morgan fingerprint density at radius 1 is 1.15 bits per heavy atom. The molecule has 1 unspecified atom stereocenters. The molecule has 2 heterocycles. The van der Waals surface area contributed by atoms with Crippen molar-refractivity contribution < 1.29 is 18.0 Å². The smallest absolute Gasteiger partial charge is 0.265 e. The van der Waals surface area contributed by atoms with Gasteiger partial charge in [-0.1, -0.05) is 18.2 Å². The fraction of sp³-hybridized carbons (Fsp3) is 0.333. The first-order chi connectivity index (χ1) is 12.8. The Labute approximate surface area is 162 Å². The second-order valence-electron chi connectivity index (χ2n) is 6.41. The number of hydrogen-bond donors (Lipinski definition) is 2. The number of amides is 2. The van der Waals surface area contributed by atoms with E-state index in [1.807, 2.05) is 5.38 Å². The van der Waals surface area contributed by atoms with Gasteiger partial charge in [0, 0.05) is 19.1 Å². The lowest BCUT2D eigenvalue weighted by atomic mass is 10.1. The van der Waals surface area contributed by atoms with E-state index in [4.69, 9.17) is 0 Å². The molecule has 1 atom stereocenters. The molecule has 7 nitrogen and oxygen atoms in total. The third-order valence-electron chi connectivity index (χ3n) is 4.35. The highest BCUT2D eigenvalue weighted by atomic mass is 32.2. The topological polar surface area (TPSA) is 95.6 Å². The van der Waals surface area contributed by atoms with Crippen LogP contribution in [0.15, 0.2) is 41.8 Å². The van der Waals surface area contributed by atoms with Crippen molar-refractivity contribution in [3.8, 4) is 0 Å². The van der Waals surface area contributed by atoms with E-state index in [1.165, 1.54) is 21.9 Å². The van der Waals surface area contributed by atoms with Crippen LogP contribution in [0.4, 0.5) is 5.69 Å². The Hall–Kier alpha value is -2.23. The van der Waals surface area contributed by atoms with Gasteiger partial charge in [0.05, 0.1) is 22.4 Å². The summed E-state index contributed by atoms with van der Waals surface area (Å²) < 4.78 is 24.9. The van der Waals surface area contributed by atoms with Crippen molar-refractivity contribution in [3.63, 3.8) is 0 Å². The molecule has 1 aromatic heterocycles. The molecule has 1 aliphatic heterocycles. The van der Waals surface area contributed by atoms with E-state index in [0.717, 1.165) is 0 Å². The zero-order valence-electron chi connectivity index (χ0n) is 14.8. The van der Waals surface area contributed by atoms with Gasteiger partial charge in [-0.2, -0.15) is 0 Å². The second-order valence-corrected chi connectivity index (χ2v) is 9.34. The largest absolute Gasteiger partial charge is 0.348 e. The number of carbonyl (C=O) groups excluding carboxylic acids is 2. The number of carbonyl (C=O) groups is 2. The van der Waals surface area contributed by atoms with Crippen LogP contribution in [0.1, 0.15) is 32.9 Å². The van der Waals surface area contributed by atoms with Gasteiger partial charge in [0.15, 0.2) is 0 Å². The number of hydrogen-bond acceptors (Lipinski definition) is 5. The molecule has 2 N–H and O–H groups in total. The molecule has 1 fully saturated rings. The summed E-state index contributed by atoms with van der Waals surface area (Å²) in [5, 5.41) is 7.47. The summed E-state index contributed by atoms with van der Waals surface area (Å²) >= 11 is 1.32. The molecular weight excluding hydrogens is 386 g/mol. The molecule has 3 rings (SSSR count). The summed E-state index contributed by atoms with van der Waals surface area (Å²) in [7, 11) is -3.28. The van der Waals surface area contributed by atoms with Gasteiger partial charge in [-0.3, -0.25) is 9.59 Å². The number of thiophene rings is 1. The zero-order valence-corrected chi connectivity index (χ0v) is 16.5. The number of sulfonamides is 1. The molecule has 0 saturated carbocycles. The highest BCUT2D eigenvalue weighted by Gasteiger charge is 2.27. The average Bonchev–Trinajstić information content (AvgIpc) is 3.16. The lowest BCUT2D eigenvalue weighted by Gasteiger charge is -2.31. The monoisotopic (exact) mass is 407 g/mol. The van der Waals surface area contributed by atoms with Crippen LogP contribution in [-0.2, 0) is 10.0 Å². The second kappa shape index (κ2) is 8.20. The predicted molar refractivity (Wildman–Crippen MR) is 106 cm³/mol. The van der Waals surface area contributed by atoms with Gasteiger partial charge in [0.2, 0.25) is 10.0 Å². The van der Waals surface area contributed by atoms with Gasteiger partial charge in [-0.15, -0.1) is 11.3 Å². The summed E-state index contributed by atoms with van der Waals surface area (Å²) in [6.07, 6.45) is 2.57. The molecule has 1 saturated heterocycles. The van der Waals surface area contributed by atoms with Crippen LogP contribution in [-0.4, -0.2) is 49.9 Å². The summed E-state index contributed by atoms with van der Waals surface area (Å²) in [5.41, 5.74) is 0.767. The molecule has 0 spiro atoms. The highest BCUT2D eigenvalue weighted by Crippen LogP contribution is 2.19. The molecule has 0 aliphatic carbocycles. The van der Waals surface area contributed by atoms with E-state index in [-0.39, 0.29) is 24.4 Å². The SMILES string of the molecule is CS(=O)(=O)N1CCCC(NC(=O)c2ccccc2NC(=O)c2cccs2)C1.